The zero-order chi connectivity index (χ0) is 14.4. The van der Waals surface area contributed by atoms with Crippen molar-refractivity contribution < 1.29 is 19.4 Å². The monoisotopic (exact) mass is 272 g/mol. The van der Waals surface area contributed by atoms with Crippen molar-refractivity contribution in [1.82, 2.24) is 0 Å². The lowest BCUT2D eigenvalue weighted by Gasteiger charge is -2.12. The summed E-state index contributed by atoms with van der Waals surface area (Å²) in [5.41, 5.74) is 1.21. The lowest BCUT2D eigenvalue weighted by atomic mass is 10.2. The number of carbonyl (C=O) groups is 1. The summed E-state index contributed by atoms with van der Waals surface area (Å²) in [6, 6.07) is 16.1. The van der Waals surface area contributed by atoms with E-state index < -0.39 is 12.3 Å². The first kappa shape index (κ1) is 14.1. The largest absolute Gasteiger partial charge is 0.465 e. The molecule has 0 amide bonds. The highest BCUT2D eigenvalue weighted by Crippen LogP contribution is 2.20. The van der Waals surface area contributed by atoms with Gasteiger partial charge in [-0.05, 0) is 24.6 Å². The fraction of sp³-hybridized carbons (Fsp3) is 0.188. The molecule has 0 saturated heterocycles. The molecule has 0 saturated carbocycles. The summed E-state index contributed by atoms with van der Waals surface area (Å²) in [6.07, 6.45) is -0.988. The van der Waals surface area contributed by atoms with Crippen molar-refractivity contribution in [3.63, 3.8) is 0 Å². The molecule has 4 heteroatoms. The topological polar surface area (TPSA) is 55.8 Å². The van der Waals surface area contributed by atoms with Crippen molar-refractivity contribution >= 4 is 5.97 Å². The summed E-state index contributed by atoms with van der Waals surface area (Å²) >= 11 is 0. The van der Waals surface area contributed by atoms with Gasteiger partial charge in [-0.1, -0.05) is 42.5 Å². The second-order valence-corrected chi connectivity index (χ2v) is 4.28. The van der Waals surface area contributed by atoms with Gasteiger partial charge in [0.05, 0.1) is 0 Å². The van der Waals surface area contributed by atoms with Crippen molar-refractivity contribution in [3.05, 3.63) is 65.7 Å². The first-order valence-corrected chi connectivity index (χ1v) is 6.31. The van der Waals surface area contributed by atoms with Crippen LogP contribution in [-0.2, 0) is 11.3 Å². The van der Waals surface area contributed by atoms with Crippen LogP contribution >= 0.6 is 0 Å². The predicted octanol–water partition coefficient (Wildman–Crippen LogP) is 2.76. The van der Waals surface area contributed by atoms with E-state index in [1.165, 1.54) is 6.92 Å². The molecule has 0 spiro atoms. The minimum absolute atomic E-state index is 0.197. The van der Waals surface area contributed by atoms with Gasteiger partial charge < -0.3 is 14.6 Å². The number of esters is 1. The molecule has 0 radical (unpaired) electrons. The van der Waals surface area contributed by atoms with Crippen LogP contribution in [0.5, 0.6) is 5.75 Å². The minimum Gasteiger partial charge on any atom is -0.465 e. The second kappa shape index (κ2) is 6.73. The highest BCUT2D eigenvalue weighted by Gasteiger charge is 2.14. The summed E-state index contributed by atoms with van der Waals surface area (Å²) in [7, 11) is 0. The lowest BCUT2D eigenvalue weighted by molar-refractivity contribution is -0.00169. The van der Waals surface area contributed by atoms with Gasteiger partial charge in [-0.3, -0.25) is 0 Å². The highest BCUT2D eigenvalue weighted by molar-refractivity contribution is 5.92. The Morgan fingerprint density at radius 3 is 2.45 bits per heavy atom. The van der Waals surface area contributed by atoms with Gasteiger partial charge in [-0.2, -0.15) is 0 Å². The third-order valence-electron chi connectivity index (χ3n) is 2.62. The Morgan fingerprint density at radius 1 is 1.10 bits per heavy atom. The minimum atomic E-state index is -0.988. The van der Waals surface area contributed by atoms with Crippen LogP contribution in [0.4, 0.5) is 0 Å². The fourth-order valence-electron chi connectivity index (χ4n) is 1.72. The molecule has 20 heavy (non-hydrogen) atoms. The van der Waals surface area contributed by atoms with E-state index in [1.54, 1.807) is 24.3 Å². The van der Waals surface area contributed by atoms with Crippen LogP contribution in [0, 0.1) is 0 Å². The maximum atomic E-state index is 12.0. The van der Waals surface area contributed by atoms with Gasteiger partial charge in [-0.25, -0.2) is 4.79 Å². The van der Waals surface area contributed by atoms with Crippen molar-refractivity contribution in [2.24, 2.45) is 0 Å². The molecule has 104 valence electrons. The van der Waals surface area contributed by atoms with E-state index in [9.17, 15) is 9.90 Å². The summed E-state index contributed by atoms with van der Waals surface area (Å²) in [5, 5.41) is 9.25. The van der Waals surface area contributed by atoms with Gasteiger partial charge in [0, 0.05) is 0 Å². The third-order valence-corrected chi connectivity index (χ3v) is 2.62. The highest BCUT2D eigenvalue weighted by atomic mass is 16.6. The summed E-state index contributed by atoms with van der Waals surface area (Å²) in [6.45, 7) is 1.68. The van der Waals surface area contributed by atoms with Gasteiger partial charge in [0.2, 0.25) is 0 Å². The van der Waals surface area contributed by atoms with Crippen molar-refractivity contribution in [2.45, 2.75) is 19.8 Å². The van der Waals surface area contributed by atoms with Crippen LogP contribution in [0.2, 0.25) is 0 Å². The SMILES string of the molecule is CC(O)Oc1ccccc1C(=O)OCc1ccccc1. The number of aliphatic hydroxyl groups excluding tert-OH is 1. The van der Waals surface area contributed by atoms with E-state index in [0.717, 1.165) is 5.56 Å². The Hall–Kier alpha value is -2.33. The van der Waals surface area contributed by atoms with E-state index in [4.69, 9.17) is 9.47 Å². The quantitative estimate of drug-likeness (QED) is 0.671. The average molecular weight is 272 g/mol. The number of hydrogen-bond acceptors (Lipinski definition) is 4. The van der Waals surface area contributed by atoms with E-state index in [2.05, 4.69) is 0 Å². The molecule has 2 aromatic rings. The Morgan fingerprint density at radius 2 is 1.75 bits per heavy atom. The Balaban J connectivity index is 2.05. The van der Waals surface area contributed by atoms with Crippen LogP contribution in [0.15, 0.2) is 54.6 Å². The molecule has 0 aliphatic heterocycles. The fourth-order valence-corrected chi connectivity index (χ4v) is 1.72. The van der Waals surface area contributed by atoms with Gasteiger partial charge >= 0.3 is 5.97 Å². The molecule has 1 unspecified atom stereocenters. The van der Waals surface area contributed by atoms with E-state index in [1.807, 2.05) is 30.3 Å². The summed E-state index contributed by atoms with van der Waals surface area (Å²) in [4.78, 5) is 12.0. The molecule has 0 aliphatic carbocycles. The zero-order valence-electron chi connectivity index (χ0n) is 11.2. The second-order valence-electron chi connectivity index (χ2n) is 4.28. The molecular formula is C16H16O4. The molecular weight excluding hydrogens is 256 g/mol. The number of carbonyl (C=O) groups excluding carboxylic acids is 1. The molecule has 0 bridgehead atoms. The normalized spacial score (nSPS) is 11.7. The maximum Gasteiger partial charge on any atom is 0.342 e. The number of hydrogen-bond donors (Lipinski definition) is 1. The van der Waals surface area contributed by atoms with Gasteiger partial charge in [0.15, 0.2) is 6.29 Å². The lowest BCUT2D eigenvalue weighted by Crippen LogP contribution is -2.14. The molecule has 4 nitrogen and oxygen atoms in total. The van der Waals surface area contributed by atoms with Crippen LogP contribution < -0.4 is 4.74 Å². The molecule has 0 fully saturated rings. The smallest absolute Gasteiger partial charge is 0.342 e. The molecule has 1 atom stereocenters. The van der Waals surface area contributed by atoms with Crippen LogP contribution in [-0.4, -0.2) is 17.4 Å². The van der Waals surface area contributed by atoms with Crippen molar-refractivity contribution in [1.29, 1.82) is 0 Å². The molecule has 0 heterocycles. The summed E-state index contributed by atoms with van der Waals surface area (Å²) in [5.74, 6) is -0.175. The number of ether oxygens (including phenoxy) is 2. The number of aliphatic hydroxyl groups is 1. The molecule has 0 aliphatic rings. The zero-order valence-corrected chi connectivity index (χ0v) is 11.2. The molecule has 0 aromatic heterocycles. The predicted molar refractivity (Wildman–Crippen MR) is 74.3 cm³/mol. The summed E-state index contributed by atoms with van der Waals surface area (Å²) < 4.78 is 10.4. The number of benzene rings is 2. The van der Waals surface area contributed by atoms with Crippen LogP contribution in [0.1, 0.15) is 22.8 Å². The van der Waals surface area contributed by atoms with Crippen molar-refractivity contribution in [3.8, 4) is 5.75 Å². The molecule has 1 N–H and O–H groups in total. The Labute approximate surface area is 117 Å². The number of rotatable bonds is 5. The van der Waals surface area contributed by atoms with Gasteiger partial charge in [0.25, 0.3) is 0 Å². The van der Waals surface area contributed by atoms with Gasteiger partial charge in [0.1, 0.15) is 17.9 Å². The third kappa shape index (κ3) is 3.83. The maximum absolute atomic E-state index is 12.0. The Kier molecular flexibility index (Phi) is 4.74. The van der Waals surface area contributed by atoms with Crippen LogP contribution in [0.25, 0.3) is 0 Å². The standard InChI is InChI=1S/C16H16O4/c1-12(17)20-15-10-6-5-9-14(15)16(18)19-11-13-7-3-2-4-8-13/h2-10,12,17H,11H2,1H3. The van der Waals surface area contributed by atoms with Crippen LogP contribution in [0.3, 0.4) is 0 Å². The van der Waals surface area contributed by atoms with E-state index in [-0.39, 0.29) is 6.61 Å². The Bertz CT molecular complexity index is 564. The average Bonchev–Trinajstić information content (AvgIpc) is 2.46. The first-order chi connectivity index (χ1) is 9.66. The van der Waals surface area contributed by atoms with Crippen molar-refractivity contribution in [2.75, 3.05) is 0 Å². The van der Waals surface area contributed by atoms with E-state index >= 15 is 0 Å². The number of para-hydroxylation sites is 1. The molecule has 2 aromatic carbocycles. The van der Waals surface area contributed by atoms with Gasteiger partial charge in [-0.15, -0.1) is 0 Å². The first-order valence-electron chi connectivity index (χ1n) is 6.31. The van der Waals surface area contributed by atoms with E-state index in [0.29, 0.717) is 11.3 Å². The molecule has 2 rings (SSSR count).